The zero-order valence-corrected chi connectivity index (χ0v) is 26.4. The minimum Gasteiger partial charge on any atom is -0.496 e. The summed E-state index contributed by atoms with van der Waals surface area (Å²) in [5.41, 5.74) is 1.77. The van der Waals surface area contributed by atoms with Gasteiger partial charge in [-0.1, -0.05) is 47.0 Å². The van der Waals surface area contributed by atoms with Gasteiger partial charge in [0.25, 0.3) is 10.0 Å². The zero-order chi connectivity index (χ0) is 29.6. The smallest absolute Gasteiger partial charge is 0.264 e. The number of carbonyl (C=O) groups is 2. The number of carbonyl (C=O) groups excluding carboxylic acids is 2. The summed E-state index contributed by atoms with van der Waals surface area (Å²) in [6.07, 6.45) is 0. The average molecular weight is 671 g/mol. The lowest BCUT2D eigenvalue weighted by Crippen LogP contribution is -2.51. The minimum absolute atomic E-state index is 0.0387. The maximum atomic E-state index is 14.0. The molecule has 0 aliphatic rings. The molecule has 0 aliphatic carbocycles. The lowest BCUT2D eigenvalue weighted by atomic mass is 10.1. The number of halogens is 3. The third kappa shape index (κ3) is 7.48. The van der Waals surface area contributed by atoms with E-state index in [4.69, 9.17) is 27.9 Å². The van der Waals surface area contributed by atoms with Gasteiger partial charge in [-0.3, -0.25) is 13.9 Å². The first kappa shape index (κ1) is 31.7. The number of benzene rings is 3. The number of aryl methyl sites for hydroxylation is 1. The van der Waals surface area contributed by atoms with Crippen molar-refractivity contribution >= 4 is 66.7 Å². The molecule has 3 rings (SSSR count). The molecule has 0 radical (unpaired) electrons. The molecule has 0 saturated carbocycles. The maximum Gasteiger partial charge on any atom is 0.264 e. The SMILES string of the molecule is CCNC(=O)C(C)N(Cc1ccc(Cl)cc1Cl)C(=O)CN(c1ccc(C)cc1)S(=O)(=O)c1ccc(OC)c(Br)c1. The zero-order valence-electron chi connectivity index (χ0n) is 22.4. The molecule has 0 saturated heterocycles. The molecule has 1 unspecified atom stereocenters. The third-order valence-corrected chi connectivity index (χ3v) is 9.16. The predicted molar refractivity (Wildman–Crippen MR) is 162 cm³/mol. The van der Waals surface area contributed by atoms with E-state index in [1.165, 1.54) is 30.2 Å². The maximum absolute atomic E-state index is 14.0. The number of methoxy groups -OCH3 is 1. The number of likely N-dealkylation sites (N-methyl/N-ethyl adjacent to an activating group) is 1. The molecule has 0 aromatic heterocycles. The van der Waals surface area contributed by atoms with Crippen molar-refractivity contribution in [1.29, 1.82) is 0 Å². The molecule has 40 heavy (non-hydrogen) atoms. The highest BCUT2D eigenvalue weighted by Crippen LogP contribution is 2.31. The number of anilines is 1. The van der Waals surface area contributed by atoms with E-state index in [2.05, 4.69) is 21.2 Å². The van der Waals surface area contributed by atoms with Crippen LogP contribution in [0.25, 0.3) is 0 Å². The van der Waals surface area contributed by atoms with E-state index in [9.17, 15) is 18.0 Å². The highest BCUT2D eigenvalue weighted by Gasteiger charge is 2.33. The van der Waals surface area contributed by atoms with Crippen LogP contribution in [-0.4, -0.2) is 51.4 Å². The van der Waals surface area contributed by atoms with Crippen molar-refractivity contribution in [3.8, 4) is 5.75 Å². The van der Waals surface area contributed by atoms with Gasteiger partial charge in [0, 0.05) is 23.1 Å². The number of nitrogens with zero attached hydrogens (tertiary/aromatic N) is 2. The minimum atomic E-state index is -4.23. The normalized spacial score (nSPS) is 12.0. The molecule has 3 aromatic rings. The van der Waals surface area contributed by atoms with Crippen LogP contribution in [0, 0.1) is 6.92 Å². The van der Waals surface area contributed by atoms with Crippen molar-refractivity contribution in [2.45, 2.75) is 38.3 Å². The first-order chi connectivity index (χ1) is 18.9. The predicted octanol–water partition coefficient (Wildman–Crippen LogP) is 5.82. The third-order valence-electron chi connectivity index (χ3n) is 6.19. The molecule has 8 nitrogen and oxygen atoms in total. The fraction of sp³-hybridized carbons (Fsp3) is 0.286. The summed E-state index contributed by atoms with van der Waals surface area (Å²) in [5.74, 6) is -0.523. The van der Waals surface area contributed by atoms with Gasteiger partial charge in [-0.25, -0.2) is 8.42 Å². The van der Waals surface area contributed by atoms with Crippen molar-refractivity contribution in [2.24, 2.45) is 0 Å². The first-order valence-electron chi connectivity index (χ1n) is 12.3. The van der Waals surface area contributed by atoms with Crippen LogP contribution < -0.4 is 14.4 Å². The molecular formula is C28H30BrCl2N3O5S. The van der Waals surface area contributed by atoms with Gasteiger partial charge >= 0.3 is 0 Å². The fourth-order valence-corrected chi connectivity index (χ4v) is 6.51. The van der Waals surface area contributed by atoms with Crippen molar-refractivity contribution in [3.63, 3.8) is 0 Å². The van der Waals surface area contributed by atoms with Gasteiger partial charge in [0.1, 0.15) is 18.3 Å². The van der Waals surface area contributed by atoms with E-state index < -0.39 is 28.5 Å². The van der Waals surface area contributed by atoms with Gasteiger partial charge in [0.2, 0.25) is 11.8 Å². The summed E-state index contributed by atoms with van der Waals surface area (Å²) in [6, 6.07) is 15.1. The van der Waals surface area contributed by atoms with Gasteiger partial charge in [0.05, 0.1) is 22.2 Å². The lowest BCUT2D eigenvalue weighted by molar-refractivity contribution is -0.139. The van der Waals surface area contributed by atoms with Crippen LogP contribution in [0.3, 0.4) is 0 Å². The van der Waals surface area contributed by atoms with E-state index in [0.717, 1.165) is 9.87 Å². The Hall–Kier alpha value is -2.79. The number of amides is 2. The quantitative estimate of drug-likeness (QED) is 0.277. The number of hydrogen-bond acceptors (Lipinski definition) is 5. The number of nitrogens with one attached hydrogen (secondary N) is 1. The van der Waals surface area contributed by atoms with Crippen LogP contribution in [0.4, 0.5) is 5.69 Å². The van der Waals surface area contributed by atoms with Gasteiger partial charge in [-0.05, 0) is 84.7 Å². The van der Waals surface area contributed by atoms with Crippen molar-refractivity contribution in [1.82, 2.24) is 10.2 Å². The standard InChI is InChI=1S/C28H30BrCl2N3O5S/c1-5-32-28(36)19(3)33(16-20-8-9-21(30)14-25(20)31)27(35)17-34(22-10-6-18(2)7-11-22)40(37,38)23-12-13-26(39-4)24(29)15-23/h6-15,19H,5,16-17H2,1-4H3,(H,32,36). The molecular weight excluding hydrogens is 641 g/mol. The Morgan fingerprint density at radius 3 is 2.30 bits per heavy atom. The van der Waals surface area contributed by atoms with Crippen LogP contribution in [0.1, 0.15) is 25.0 Å². The summed E-state index contributed by atoms with van der Waals surface area (Å²) < 4.78 is 34.6. The summed E-state index contributed by atoms with van der Waals surface area (Å²) >= 11 is 15.8. The first-order valence-corrected chi connectivity index (χ1v) is 15.3. The van der Waals surface area contributed by atoms with Crippen molar-refractivity contribution < 1.29 is 22.7 Å². The second-order valence-electron chi connectivity index (χ2n) is 8.97. The molecule has 2 amide bonds. The number of ether oxygens (including phenoxy) is 1. The lowest BCUT2D eigenvalue weighted by Gasteiger charge is -2.32. The van der Waals surface area contributed by atoms with Gasteiger partial charge in [-0.15, -0.1) is 0 Å². The molecule has 0 heterocycles. The Balaban J connectivity index is 2.07. The average Bonchev–Trinajstić information content (AvgIpc) is 2.91. The van der Waals surface area contributed by atoms with E-state index in [1.54, 1.807) is 56.3 Å². The molecule has 214 valence electrons. The molecule has 0 fully saturated rings. The Morgan fingerprint density at radius 2 is 1.73 bits per heavy atom. The van der Waals surface area contributed by atoms with Crippen LogP contribution in [-0.2, 0) is 26.2 Å². The summed E-state index contributed by atoms with van der Waals surface area (Å²) in [4.78, 5) is 28.0. The van der Waals surface area contributed by atoms with Gasteiger partial charge < -0.3 is 15.0 Å². The topological polar surface area (TPSA) is 96.0 Å². The number of hydrogen-bond donors (Lipinski definition) is 1. The Morgan fingerprint density at radius 1 is 1.05 bits per heavy atom. The Labute approximate surface area is 253 Å². The van der Waals surface area contributed by atoms with E-state index >= 15 is 0 Å². The Bertz CT molecular complexity index is 1490. The number of rotatable bonds is 11. The molecule has 0 spiro atoms. The second-order valence-corrected chi connectivity index (χ2v) is 12.5. The van der Waals surface area contributed by atoms with E-state index in [1.807, 2.05) is 6.92 Å². The monoisotopic (exact) mass is 669 g/mol. The molecule has 0 aliphatic heterocycles. The number of sulfonamides is 1. The molecule has 1 N–H and O–H groups in total. The van der Waals surface area contributed by atoms with Crippen LogP contribution in [0.5, 0.6) is 5.75 Å². The Kier molecular flexibility index (Phi) is 10.9. The molecule has 0 bridgehead atoms. The molecule has 1 atom stereocenters. The van der Waals surface area contributed by atoms with E-state index in [0.29, 0.717) is 38.1 Å². The van der Waals surface area contributed by atoms with Crippen molar-refractivity contribution in [3.05, 3.63) is 86.3 Å². The van der Waals surface area contributed by atoms with Gasteiger partial charge in [0.15, 0.2) is 0 Å². The second kappa shape index (κ2) is 13.7. The van der Waals surface area contributed by atoms with E-state index in [-0.39, 0.29) is 17.3 Å². The fourth-order valence-electron chi connectivity index (χ4n) is 3.91. The molecule has 3 aromatic carbocycles. The van der Waals surface area contributed by atoms with Crippen LogP contribution in [0.2, 0.25) is 10.0 Å². The van der Waals surface area contributed by atoms with Crippen LogP contribution >= 0.6 is 39.1 Å². The van der Waals surface area contributed by atoms with Crippen LogP contribution in [0.15, 0.2) is 70.0 Å². The molecule has 12 heteroatoms. The van der Waals surface area contributed by atoms with Crippen molar-refractivity contribution in [2.75, 3.05) is 24.5 Å². The van der Waals surface area contributed by atoms with Gasteiger partial charge in [-0.2, -0.15) is 0 Å². The summed E-state index contributed by atoms with van der Waals surface area (Å²) in [6.45, 7) is 4.99. The highest BCUT2D eigenvalue weighted by atomic mass is 79.9. The largest absolute Gasteiger partial charge is 0.496 e. The highest BCUT2D eigenvalue weighted by molar-refractivity contribution is 9.10. The summed E-state index contributed by atoms with van der Waals surface area (Å²) in [7, 11) is -2.75. The summed E-state index contributed by atoms with van der Waals surface area (Å²) in [5, 5.41) is 3.46.